The first-order valence-electron chi connectivity index (χ1n) is 6.27. The van der Waals surface area contributed by atoms with Crippen LogP contribution in [0.15, 0.2) is 67.1 Å². The molecule has 19 heavy (non-hydrogen) atoms. The molecule has 0 radical (unpaired) electrons. The van der Waals surface area contributed by atoms with Gasteiger partial charge < -0.3 is 0 Å². The van der Waals surface area contributed by atoms with Crippen LogP contribution in [-0.2, 0) is 0 Å². The lowest BCUT2D eigenvalue weighted by molar-refractivity contribution is 1.29. The van der Waals surface area contributed by atoms with E-state index in [2.05, 4.69) is 41.2 Å². The van der Waals surface area contributed by atoms with E-state index >= 15 is 0 Å². The highest BCUT2D eigenvalue weighted by Gasteiger charge is 2.03. The Morgan fingerprint density at radius 1 is 0.789 bits per heavy atom. The summed E-state index contributed by atoms with van der Waals surface area (Å²) in [6, 6.07) is 16.4. The molecule has 0 atom stereocenters. The Morgan fingerprint density at radius 3 is 2.32 bits per heavy atom. The van der Waals surface area contributed by atoms with Crippen LogP contribution in [0.1, 0.15) is 5.56 Å². The van der Waals surface area contributed by atoms with E-state index in [1.165, 1.54) is 11.1 Å². The lowest BCUT2D eigenvalue weighted by atomic mass is 10.0. The van der Waals surface area contributed by atoms with Crippen LogP contribution >= 0.6 is 0 Å². The molecule has 0 bridgehead atoms. The van der Waals surface area contributed by atoms with E-state index in [1.54, 1.807) is 6.20 Å². The lowest BCUT2D eigenvalue weighted by Crippen LogP contribution is -1.87. The Balaban J connectivity index is 1.98. The monoisotopic (exact) mass is 246 g/mol. The fourth-order valence-corrected chi connectivity index (χ4v) is 2.12. The Hall–Kier alpha value is -2.48. The highest BCUT2D eigenvalue weighted by Crippen LogP contribution is 2.23. The van der Waals surface area contributed by atoms with Crippen molar-refractivity contribution in [3.8, 4) is 22.4 Å². The first-order valence-corrected chi connectivity index (χ1v) is 6.27. The number of pyridine rings is 2. The van der Waals surface area contributed by atoms with Gasteiger partial charge in [0.1, 0.15) is 0 Å². The van der Waals surface area contributed by atoms with Crippen LogP contribution in [-0.4, -0.2) is 9.97 Å². The molecule has 0 fully saturated rings. The van der Waals surface area contributed by atoms with Gasteiger partial charge in [0.25, 0.3) is 0 Å². The number of aromatic nitrogens is 2. The van der Waals surface area contributed by atoms with Gasteiger partial charge in [-0.05, 0) is 24.6 Å². The van der Waals surface area contributed by atoms with E-state index in [-0.39, 0.29) is 0 Å². The van der Waals surface area contributed by atoms with Crippen molar-refractivity contribution < 1.29 is 0 Å². The van der Waals surface area contributed by atoms with Crippen molar-refractivity contribution in [2.24, 2.45) is 0 Å². The van der Waals surface area contributed by atoms with Crippen LogP contribution in [0.25, 0.3) is 22.4 Å². The molecule has 92 valence electrons. The van der Waals surface area contributed by atoms with Gasteiger partial charge in [-0.1, -0.05) is 36.4 Å². The summed E-state index contributed by atoms with van der Waals surface area (Å²) in [5.74, 6) is 0. The minimum atomic E-state index is 1.01. The average Bonchev–Trinajstić information content (AvgIpc) is 2.49. The van der Waals surface area contributed by atoms with E-state index in [0.717, 1.165) is 16.8 Å². The topological polar surface area (TPSA) is 25.8 Å². The third-order valence-corrected chi connectivity index (χ3v) is 3.18. The summed E-state index contributed by atoms with van der Waals surface area (Å²) in [7, 11) is 0. The largest absolute Gasteiger partial charge is 0.264 e. The van der Waals surface area contributed by atoms with Gasteiger partial charge in [0.2, 0.25) is 0 Å². The fourth-order valence-electron chi connectivity index (χ4n) is 2.12. The minimum Gasteiger partial charge on any atom is -0.264 e. The maximum atomic E-state index is 4.56. The van der Waals surface area contributed by atoms with Gasteiger partial charge in [-0.2, -0.15) is 0 Å². The second-order valence-corrected chi connectivity index (χ2v) is 4.49. The number of nitrogens with zero attached hydrogens (tertiary/aromatic N) is 2. The molecule has 2 heteroatoms. The molecular weight excluding hydrogens is 232 g/mol. The molecule has 3 aromatic rings. The van der Waals surface area contributed by atoms with Gasteiger partial charge in [0.05, 0.1) is 5.69 Å². The predicted octanol–water partition coefficient (Wildman–Crippen LogP) is 4.12. The molecule has 0 saturated heterocycles. The summed E-state index contributed by atoms with van der Waals surface area (Å²) in [6.45, 7) is 2.10. The van der Waals surface area contributed by atoms with Crippen molar-refractivity contribution in [3.63, 3.8) is 0 Å². The first kappa shape index (κ1) is 11.6. The van der Waals surface area contributed by atoms with Crippen molar-refractivity contribution in [2.45, 2.75) is 6.92 Å². The van der Waals surface area contributed by atoms with Crippen LogP contribution in [0.5, 0.6) is 0 Å². The molecule has 1 aromatic carbocycles. The maximum Gasteiger partial charge on any atom is 0.0705 e. The third-order valence-electron chi connectivity index (χ3n) is 3.18. The molecule has 2 nitrogen and oxygen atoms in total. The molecule has 0 aliphatic rings. The second kappa shape index (κ2) is 5.02. The summed E-state index contributed by atoms with van der Waals surface area (Å²) >= 11 is 0. The van der Waals surface area contributed by atoms with Crippen molar-refractivity contribution in [1.82, 2.24) is 9.97 Å². The van der Waals surface area contributed by atoms with E-state index in [4.69, 9.17) is 0 Å². The highest BCUT2D eigenvalue weighted by molar-refractivity contribution is 5.67. The maximum absolute atomic E-state index is 4.56. The predicted molar refractivity (Wildman–Crippen MR) is 77.6 cm³/mol. The van der Waals surface area contributed by atoms with Crippen LogP contribution in [0.2, 0.25) is 0 Å². The smallest absolute Gasteiger partial charge is 0.0705 e. The molecule has 0 aliphatic heterocycles. The number of benzene rings is 1. The van der Waals surface area contributed by atoms with Crippen molar-refractivity contribution in [1.29, 1.82) is 0 Å². The molecule has 0 aliphatic carbocycles. The SMILES string of the molecule is Cc1ccccc1-c1ccc(-c2cccnc2)cn1. The molecule has 0 N–H and O–H groups in total. The molecule has 2 heterocycles. The van der Waals surface area contributed by atoms with Crippen LogP contribution < -0.4 is 0 Å². The second-order valence-electron chi connectivity index (χ2n) is 4.49. The van der Waals surface area contributed by atoms with Crippen LogP contribution in [0.3, 0.4) is 0 Å². The van der Waals surface area contributed by atoms with E-state index in [0.29, 0.717) is 0 Å². The van der Waals surface area contributed by atoms with Gasteiger partial charge in [0, 0.05) is 35.3 Å². The number of aryl methyl sites for hydroxylation is 1. The summed E-state index contributed by atoms with van der Waals surface area (Å²) in [5, 5.41) is 0. The normalized spacial score (nSPS) is 10.4. The summed E-state index contributed by atoms with van der Waals surface area (Å²) in [6.07, 6.45) is 5.53. The molecular formula is C17H14N2. The quantitative estimate of drug-likeness (QED) is 0.679. The standard InChI is InChI=1S/C17H14N2/c1-13-5-2-3-7-16(13)17-9-8-15(12-19-17)14-6-4-10-18-11-14/h2-12H,1H3. The molecule has 0 spiro atoms. The molecule has 2 aromatic heterocycles. The summed E-state index contributed by atoms with van der Waals surface area (Å²) in [5.41, 5.74) is 5.60. The fraction of sp³-hybridized carbons (Fsp3) is 0.0588. The van der Waals surface area contributed by atoms with Gasteiger partial charge >= 0.3 is 0 Å². The van der Waals surface area contributed by atoms with Gasteiger partial charge in [-0.15, -0.1) is 0 Å². The Labute approximate surface area is 112 Å². The number of hydrogen-bond donors (Lipinski definition) is 0. The Morgan fingerprint density at radius 2 is 1.63 bits per heavy atom. The molecule has 0 saturated carbocycles. The third kappa shape index (κ3) is 2.38. The number of hydrogen-bond acceptors (Lipinski definition) is 2. The Bertz CT molecular complexity index is 673. The first-order chi connectivity index (χ1) is 9.34. The van der Waals surface area contributed by atoms with Crippen molar-refractivity contribution >= 4 is 0 Å². The van der Waals surface area contributed by atoms with Crippen molar-refractivity contribution in [2.75, 3.05) is 0 Å². The Kier molecular flexibility index (Phi) is 3.07. The minimum absolute atomic E-state index is 1.01. The molecule has 0 unspecified atom stereocenters. The lowest BCUT2D eigenvalue weighted by Gasteiger charge is -2.06. The van der Waals surface area contributed by atoms with Crippen LogP contribution in [0, 0.1) is 6.92 Å². The molecule has 0 amide bonds. The van der Waals surface area contributed by atoms with Gasteiger partial charge in [-0.25, -0.2) is 0 Å². The van der Waals surface area contributed by atoms with E-state index in [1.807, 2.05) is 36.7 Å². The average molecular weight is 246 g/mol. The van der Waals surface area contributed by atoms with Crippen LogP contribution in [0.4, 0.5) is 0 Å². The zero-order valence-corrected chi connectivity index (χ0v) is 10.7. The van der Waals surface area contributed by atoms with E-state index < -0.39 is 0 Å². The summed E-state index contributed by atoms with van der Waals surface area (Å²) < 4.78 is 0. The zero-order chi connectivity index (χ0) is 13.1. The number of rotatable bonds is 2. The highest BCUT2D eigenvalue weighted by atomic mass is 14.7. The van der Waals surface area contributed by atoms with E-state index in [9.17, 15) is 0 Å². The summed E-state index contributed by atoms with van der Waals surface area (Å²) in [4.78, 5) is 8.69. The van der Waals surface area contributed by atoms with Gasteiger partial charge in [0.15, 0.2) is 0 Å². The molecule has 3 rings (SSSR count). The zero-order valence-electron chi connectivity index (χ0n) is 10.7. The van der Waals surface area contributed by atoms with Gasteiger partial charge in [-0.3, -0.25) is 9.97 Å². The van der Waals surface area contributed by atoms with Crippen molar-refractivity contribution in [3.05, 3.63) is 72.7 Å².